The molecule has 0 aliphatic carbocycles. The predicted molar refractivity (Wildman–Crippen MR) is 49.3 cm³/mol. The van der Waals surface area contributed by atoms with Crippen LogP contribution in [0.3, 0.4) is 0 Å². The molecule has 0 saturated heterocycles. The van der Waals surface area contributed by atoms with Crippen molar-refractivity contribution < 1.29 is 16.8 Å². The first-order valence-corrected chi connectivity index (χ1v) is 5.22. The van der Waals surface area contributed by atoms with Gasteiger partial charge in [-0.1, -0.05) is 36.4 Å². The molecule has 13 heavy (non-hydrogen) atoms. The van der Waals surface area contributed by atoms with E-state index in [1.165, 1.54) is 0 Å². The molecule has 0 atom stereocenters. The number of hydrogen-bond donors (Lipinski definition) is 0. The van der Waals surface area contributed by atoms with Gasteiger partial charge in [0.1, 0.15) is 4.31 Å². The Morgan fingerprint density at radius 2 is 0.846 bits per heavy atom. The van der Waals surface area contributed by atoms with Gasteiger partial charge < -0.3 is 0 Å². The topological polar surface area (TPSA) is 68.3 Å². The zero-order valence-corrected chi connectivity index (χ0v) is 8.05. The van der Waals surface area contributed by atoms with Crippen LogP contribution in [0.1, 0.15) is 0 Å². The van der Waals surface area contributed by atoms with Crippen molar-refractivity contribution in [3.05, 3.63) is 36.4 Å². The molecular weight excluding hydrogens is 212 g/mol. The standard InChI is InChI=1S/C6H6.CO4S2/c1-2-4-6-5-3-1;2-6(3)1-7(4)5/h1-6H;. The summed E-state index contributed by atoms with van der Waals surface area (Å²) in [5, 5.41) is 0. The van der Waals surface area contributed by atoms with Crippen molar-refractivity contribution in [3.63, 3.8) is 0 Å². The molecule has 1 aromatic carbocycles. The minimum atomic E-state index is -2.71. The molecule has 0 N–H and O–H groups in total. The third-order valence-electron chi connectivity index (χ3n) is 0.803. The zero-order valence-electron chi connectivity index (χ0n) is 6.41. The summed E-state index contributed by atoms with van der Waals surface area (Å²) in [6.45, 7) is 0. The maximum atomic E-state index is 9.31. The second-order valence-electron chi connectivity index (χ2n) is 1.71. The average Bonchev–Trinajstić information content (AvgIpc) is 2.06. The van der Waals surface area contributed by atoms with Crippen LogP contribution in [-0.2, 0) is 20.6 Å². The molecule has 0 fully saturated rings. The van der Waals surface area contributed by atoms with E-state index in [0.717, 1.165) is 4.31 Å². The Morgan fingerprint density at radius 3 is 0.923 bits per heavy atom. The van der Waals surface area contributed by atoms with Crippen LogP contribution in [0.5, 0.6) is 0 Å². The number of benzene rings is 1. The van der Waals surface area contributed by atoms with Crippen LogP contribution in [-0.4, -0.2) is 21.1 Å². The Balaban J connectivity index is 0.000000223. The van der Waals surface area contributed by atoms with Gasteiger partial charge >= 0.3 is 0 Å². The van der Waals surface area contributed by atoms with Gasteiger partial charge in [-0.15, -0.1) is 0 Å². The third kappa shape index (κ3) is 10.6. The Labute approximate surface area is 78.5 Å². The normalized spacial score (nSPS) is 7.38. The first-order chi connectivity index (χ1) is 6.13. The summed E-state index contributed by atoms with van der Waals surface area (Å²) >= 11 is 0. The highest BCUT2D eigenvalue weighted by atomic mass is 32.2. The molecule has 0 aliphatic rings. The summed E-state index contributed by atoms with van der Waals surface area (Å²) in [4.78, 5) is 0. The number of rotatable bonds is 0. The van der Waals surface area contributed by atoms with Crippen molar-refractivity contribution in [1.29, 1.82) is 0 Å². The van der Waals surface area contributed by atoms with Crippen molar-refractivity contribution in [3.8, 4) is 0 Å². The highest BCUT2D eigenvalue weighted by Crippen LogP contribution is 1.79. The maximum Gasteiger partial charge on any atom is 0.276 e. The van der Waals surface area contributed by atoms with E-state index in [4.69, 9.17) is 0 Å². The average molecular weight is 218 g/mol. The Kier molecular flexibility index (Phi) is 6.53. The van der Waals surface area contributed by atoms with Crippen molar-refractivity contribution in [2.24, 2.45) is 0 Å². The van der Waals surface area contributed by atoms with Gasteiger partial charge in [-0.2, -0.15) is 16.8 Å². The molecular formula is C7H6O4S2. The van der Waals surface area contributed by atoms with Crippen LogP contribution in [0, 0.1) is 0 Å². The van der Waals surface area contributed by atoms with Crippen molar-refractivity contribution in [2.75, 3.05) is 0 Å². The molecule has 70 valence electrons. The largest absolute Gasteiger partial charge is 0.276 e. The predicted octanol–water partition coefficient (Wildman–Crippen LogP) is 0.0679. The van der Waals surface area contributed by atoms with Crippen LogP contribution < -0.4 is 0 Å². The van der Waals surface area contributed by atoms with E-state index in [9.17, 15) is 16.8 Å². The van der Waals surface area contributed by atoms with Crippen LogP contribution >= 0.6 is 0 Å². The molecule has 0 spiro atoms. The smallest absolute Gasteiger partial charge is 0.174 e. The molecule has 0 aliphatic heterocycles. The second kappa shape index (κ2) is 7.30. The van der Waals surface area contributed by atoms with Gasteiger partial charge in [0, 0.05) is 0 Å². The minimum Gasteiger partial charge on any atom is -0.174 e. The lowest BCUT2D eigenvalue weighted by Gasteiger charge is -1.69. The first kappa shape index (κ1) is 11.6. The molecule has 0 amide bonds. The molecule has 0 saturated carbocycles. The lowest BCUT2D eigenvalue weighted by atomic mass is 10.4. The molecule has 4 nitrogen and oxygen atoms in total. The van der Waals surface area contributed by atoms with E-state index < -0.39 is 20.6 Å². The van der Waals surface area contributed by atoms with E-state index in [2.05, 4.69) is 0 Å². The fraction of sp³-hybridized carbons (Fsp3) is 0. The van der Waals surface area contributed by atoms with E-state index in [1.807, 2.05) is 36.4 Å². The first-order valence-electron chi connectivity index (χ1n) is 3.07. The molecule has 1 aromatic rings. The van der Waals surface area contributed by atoms with Crippen LogP contribution in [0.2, 0.25) is 0 Å². The Hall–Kier alpha value is -1.36. The SMILES string of the molecule is O=S(=O)=C=S(=O)=O.c1ccccc1. The minimum absolute atomic E-state index is 1.14. The van der Waals surface area contributed by atoms with Gasteiger partial charge in [0.05, 0.1) is 0 Å². The van der Waals surface area contributed by atoms with E-state index in [1.54, 1.807) is 0 Å². The molecule has 0 bridgehead atoms. The third-order valence-corrected chi connectivity index (χ3v) is 1.89. The van der Waals surface area contributed by atoms with Crippen LogP contribution in [0.4, 0.5) is 0 Å². The molecule has 0 heterocycles. The van der Waals surface area contributed by atoms with Crippen molar-refractivity contribution in [2.45, 2.75) is 0 Å². The maximum absolute atomic E-state index is 9.31. The Bertz CT molecular complexity index is 420. The van der Waals surface area contributed by atoms with Gasteiger partial charge in [-0.3, -0.25) is 0 Å². The van der Waals surface area contributed by atoms with Gasteiger partial charge in [0.2, 0.25) is 0 Å². The van der Waals surface area contributed by atoms with Gasteiger partial charge in [0.15, 0.2) is 0 Å². The molecule has 1 rings (SSSR count). The van der Waals surface area contributed by atoms with E-state index in [0.29, 0.717) is 0 Å². The van der Waals surface area contributed by atoms with Crippen molar-refractivity contribution >= 4 is 24.9 Å². The van der Waals surface area contributed by atoms with Crippen LogP contribution in [0.25, 0.3) is 0 Å². The zero-order chi connectivity index (χ0) is 10.1. The second-order valence-corrected chi connectivity index (χ2v) is 3.31. The lowest BCUT2D eigenvalue weighted by Crippen LogP contribution is -1.58. The van der Waals surface area contributed by atoms with Gasteiger partial charge in [0.25, 0.3) is 20.6 Å². The summed E-state index contributed by atoms with van der Waals surface area (Å²) in [7, 11) is -5.42. The lowest BCUT2D eigenvalue weighted by molar-refractivity contribution is 0.627. The molecule has 0 radical (unpaired) electrons. The fourth-order valence-corrected chi connectivity index (χ4v) is 0.885. The van der Waals surface area contributed by atoms with E-state index >= 15 is 0 Å². The summed E-state index contributed by atoms with van der Waals surface area (Å²) < 4.78 is 38.4. The van der Waals surface area contributed by atoms with Gasteiger partial charge in [-0.25, -0.2) is 0 Å². The highest BCUT2D eigenvalue weighted by molar-refractivity contribution is 7.86. The summed E-state index contributed by atoms with van der Waals surface area (Å²) in [6, 6.07) is 12.0. The highest BCUT2D eigenvalue weighted by Gasteiger charge is 1.58. The van der Waals surface area contributed by atoms with Crippen molar-refractivity contribution in [1.82, 2.24) is 0 Å². The Morgan fingerprint density at radius 1 is 0.615 bits per heavy atom. The number of hydrogen-bond acceptors (Lipinski definition) is 4. The molecule has 0 aromatic heterocycles. The fourth-order valence-electron chi connectivity index (χ4n) is 0.440. The summed E-state index contributed by atoms with van der Waals surface area (Å²) in [6.07, 6.45) is 0. The molecule has 6 heteroatoms. The molecule has 0 unspecified atom stereocenters. The van der Waals surface area contributed by atoms with Crippen LogP contribution in [0.15, 0.2) is 36.4 Å². The quantitative estimate of drug-likeness (QED) is 0.578. The monoisotopic (exact) mass is 218 g/mol. The summed E-state index contributed by atoms with van der Waals surface area (Å²) in [5.41, 5.74) is 0. The summed E-state index contributed by atoms with van der Waals surface area (Å²) in [5.74, 6) is 0. The van der Waals surface area contributed by atoms with E-state index in [-0.39, 0.29) is 0 Å². The van der Waals surface area contributed by atoms with Gasteiger partial charge in [-0.05, 0) is 0 Å².